The summed E-state index contributed by atoms with van der Waals surface area (Å²) in [7, 11) is 0. The molecular formula is C8H5ClN4O2. The van der Waals surface area contributed by atoms with Crippen LogP contribution in [0.5, 0.6) is 0 Å². The standard InChI is InChI=1S/C8H5ClN4O2/c9-6-4-10-3-5(11-6)8(14)12-7-1-2-15-13-7/h1-4H,(H,12,13,14). The van der Waals surface area contributed by atoms with Gasteiger partial charge in [0.1, 0.15) is 17.1 Å². The first kappa shape index (κ1) is 9.60. The molecule has 2 aromatic rings. The number of carbonyl (C=O) groups is 1. The third kappa shape index (κ3) is 2.29. The van der Waals surface area contributed by atoms with Crippen LogP contribution < -0.4 is 5.32 Å². The van der Waals surface area contributed by atoms with Gasteiger partial charge in [0, 0.05) is 6.07 Å². The Bertz CT molecular complexity index is 471. The van der Waals surface area contributed by atoms with Gasteiger partial charge in [-0.2, -0.15) is 0 Å². The van der Waals surface area contributed by atoms with E-state index >= 15 is 0 Å². The molecular weight excluding hydrogens is 220 g/mol. The summed E-state index contributed by atoms with van der Waals surface area (Å²) in [5.74, 6) is -0.138. The predicted octanol–water partition coefficient (Wildman–Crippen LogP) is 1.37. The van der Waals surface area contributed by atoms with Gasteiger partial charge < -0.3 is 9.84 Å². The number of anilines is 1. The van der Waals surface area contributed by atoms with Gasteiger partial charge in [0.15, 0.2) is 5.82 Å². The Morgan fingerprint density at radius 2 is 2.33 bits per heavy atom. The van der Waals surface area contributed by atoms with Gasteiger partial charge in [-0.3, -0.25) is 9.78 Å². The first-order valence-electron chi connectivity index (χ1n) is 3.95. The monoisotopic (exact) mass is 224 g/mol. The highest BCUT2D eigenvalue weighted by molar-refractivity contribution is 6.29. The number of aromatic nitrogens is 3. The molecule has 0 atom stereocenters. The smallest absolute Gasteiger partial charge is 0.277 e. The molecule has 0 unspecified atom stereocenters. The van der Waals surface area contributed by atoms with E-state index in [1.807, 2.05) is 0 Å². The van der Waals surface area contributed by atoms with Gasteiger partial charge >= 0.3 is 0 Å². The molecule has 2 rings (SSSR count). The third-order valence-electron chi connectivity index (χ3n) is 1.52. The van der Waals surface area contributed by atoms with Crippen LogP contribution in [0.3, 0.4) is 0 Å². The van der Waals surface area contributed by atoms with Crippen LogP contribution >= 0.6 is 11.6 Å². The van der Waals surface area contributed by atoms with Crippen molar-refractivity contribution in [2.75, 3.05) is 5.32 Å². The molecule has 0 bridgehead atoms. The molecule has 2 aromatic heterocycles. The molecule has 0 aliphatic heterocycles. The Labute approximate surface area is 89.3 Å². The molecule has 7 heteroatoms. The molecule has 0 saturated carbocycles. The van der Waals surface area contributed by atoms with Gasteiger partial charge in [-0.05, 0) is 0 Å². The van der Waals surface area contributed by atoms with E-state index in [4.69, 9.17) is 11.6 Å². The van der Waals surface area contributed by atoms with Crippen molar-refractivity contribution in [3.63, 3.8) is 0 Å². The maximum Gasteiger partial charge on any atom is 0.277 e. The van der Waals surface area contributed by atoms with E-state index in [9.17, 15) is 4.79 Å². The van der Waals surface area contributed by atoms with Crippen molar-refractivity contribution in [1.29, 1.82) is 0 Å². The van der Waals surface area contributed by atoms with Crippen molar-refractivity contribution >= 4 is 23.3 Å². The van der Waals surface area contributed by atoms with Gasteiger partial charge in [-0.25, -0.2) is 4.98 Å². The van der Waals surface area contributed by atoms with Gasteiger partial charge in [-0.1, -0.05) is 16.8 Å². The lowest BCUT2D eigenvalue weighted by Gasteiger charge is -1.99. The largest absolute Gasteiger partial charge is 0.363 e. The Morgan fingerprint density at radius 3 is 3.00 bits per heavy atom. The summed E-state index contributed by atoms with van der Waals surface area (Å²) < 4.78 is 4.55. The maximum atomic E-state index is 11.5. The summed E-state index contributed by atoms with van der Waals surface area (Å²) in [4.78, 5) is 19.0. The first-order valence-corrected chi connectivity index (χ1v) is 4.33. The zero-order chi connectivity index (χ0) is 10.7. The van der Waals surface area contributed by atoms with E-state index in [2.05, 4.69) is 25.0 Å². The van der Waals surface area contributed by atoms with E-state index < -0.39 is 5.91 Å². The second kappa shape index (κ2) is 4.05. The van der Waals surface area contributed by atoms with Gasteiger partial charge in [0.05, 0.1) is 12.4 Å². The number of hydrogen-bond donors (Lipinski definition) is 1. The summed E-state index contributed by atoms with van der Waals surface area (Å²) in [6, 6.07) is 1.51. The number of rotatable bonds is 2. The summed E-state index contributed by atoms with van der Waals surface area (Å²) in [6.45, 7) is 0. The predicted molar refractivity (Wildman–Crippen MR) is 51.5 cm³/mol. The van der Waals surface area contributed by atoms with Crippen LogP contribution in [0.1, 0.15) is 10.5 Å². The first-order chi connectivity index (χ1) is 7.25. The molecule has 0 spiro atoms. The van der Waals surface area contributed by atoms with Crippen LogP contribution in [0.4, 0.5) is 5.82 Å². The molecule has 0 radical (unpaired) electrons. The molecule has 0 aliphatic carbocycles. The summed E-state index contributed by atoms with van der Waals surface area (Å²) in [5, 5.41) is 6.13. The van der Waals surface area contributed by atoms with Crippen LogP contribution in [-0.4, -0.2) is 21.0 Å². The number of carbonyl (C=O) groups excluding carboxylic acids is 1. The van der Waals surface area contributed by atoms with Gasteiger partial charge in [-0.15, -0.1) is 0 Å². The second-order valence-electron chi connectivity index (χ2n) is 2.57. The van der Waals surface area contributed by atoms with Crippen molar-refractivity contribution in [3.8, 4) is 0 Å². The minimum absolute atomic E-state index is 0.116. The minimum Gasteiger partial charge on any atom is -0.363 e. The van der Waals surface area contributed by atoms with Crippen LogP contribution in [-0.2, 0) is 0 Å². The molecule has 2 heterocycles. The molecule has 0 fully saturated rings. The van der Waals surface area contributed by atoms with E-state index in [1.165, 1.54) is 24.7 Å². The highest BCUT2D eigenvalue weighted by atomic mass is 35.5. The van der Waals surface area contributed by atoms with Crippen LogP contribution in [0, 0.1) is 0 Å². The summed E-state index contributed by atoms with van der Waals surface area (Å²) >= 11 is 5.58. The molecule has 76 valence electrons. The van der Waals surface area contributed by atoms with Crippen molar-refractivity contribution < 1.29 is 9.32 Å². The highest BCUT2D eigenvalue weighted by Gasteiger charge is 2.09. The summed E-state index contributed by atoms with van der Waals surface area (Å²) in [6.07, 6.45) is 4.00. The molecule has 0 saturated heterocycles. The average Bonchev–Trinajstić information content (AvgIpc) is 2.70. The van der Waals surface area contributed by atoms with Crippen molar-refractivity contribution in [1.82, 2.24) is 15.1 Å². The lowest BCUT2D eigenvalue weighted by atomic mass is 10.4. The average molecular weight is 225 g/mol. The molecule has 15 heavy (non-hydrogen) atoms. The SMILES string of the molecule is O=C(Nc1ccon1)c1cncc(Cl)n1. The molecule has 1 N–H and O–H groups in total. The van der Waals surface area contributed by atoms with Gasteiger partial charge in [0.2, 0.25) is 0 Å². The Balaban J connectivity index is 2.15. The fourth-order valence-corrected chi connectivity index (χ4v) is 1.06. The van der Waals surface area contributed by atoms with E-state index in [0.717, 1.165) is 0 Å². The van der Waals surface area contributed by atoms with Crippen molar-refractivity contribution in [2.24, 2.45) is 0 Å². The second-order valence-corrected chi connectivity index (χ2v) is 2.95. The van der Waals surface area contributed by atoms with E-state index in [-0.39, 0.29) is 10.8 Å². The minimum atomic E-state index is -0.445. The topological polar surface area (TPSA) is 80.9 Å². The van der Waals surface area contributed by atoms with Crippen molar-refractivity contribution in [3.05, 3.63) is 35.6 Å². The Kier molecular flexibility index (Phi) is 2.59. The normalized spacial score (nSPS) is 9.93. The number of nitrogens with one attached hydrogen (secondary N) is 1. The Hall–Kier alpha value is -1.95. The van der Waals surface area contributed by atoms with Gasteiger partial charge in [0.25, 0.3) is 5.91 Å². The molecule has 1 amide bonds. The van der Waals surface area contributed by atoms with E-state index in [1.54, 1.807) is 0 Å². The number of nitrogens with zero attached hydrogens (tertiary/aromatic N) is 3. The Morgan fingerprint density at radius 1 is 1.47 bits per heavy atom. The molecule has 0 aliphatic rings. The summed E-state index contributed by atoms with van der Waals surface area (Å²) in [5.41, 5.74) is 0.116. The van der Waals surface area contributed by atoms with Crippen LogP contribution in [0.25, 0.3) is 0 Å². The van der Waals surface area contributed by atoms with Crippen LogP contribution in [0.2, 0.25) is 5.15 Å². The maximum absolute atomic E-state index is 11.5. The fourth-order valence-electron chi connectivity index (χ4n) is 0.909. The molecule has 0 aromatic carbocycles. The third-order valence-corrected chi connectivity index (χ3v) is 1.70. The zero-order valence-electron chi connectivity index (χ0n) is 7.35. The highest BCUT2D eigenvalue weighted by Crippen LogP contribution is 2.06. The quantitative estimate of drug-likeness (QED) is 0.833. The lowest BCUT2D eigenvalue weighted by Crippen LogP contribution is -2.14. The van der Waals surface area contributed by atoms with Crippen LogP contribution in [0.15, 0.2) is 29.2 Å². The fraction of sp³-hybridized carbons (Fsp3) is 0. The zero-order valence-corrected chi connectivity index (χ0v) is 8.10. The lowest BCUT2D eigenvalue weighted by molar-refractivity contribution is 0.102. The van der Waals surface area contributed by atoms with E-state index in [0.29, 0.717) is 5.82 Å². The molecule has 6 nitrogen and oxygen atoms in total. The number of hydrogen-bond acceptors (Lipinski definition) is 5. The van der Waals surface area contributed by atoms with Crippen molar-refractivity contribution in [2.45, 2.75) is 0 Å². The number of halogens is 1. The number of amides is 1.